The lowest BCUT2D eigenvalue weighted by molar-refractivity contribution is -0.123. The molecule has 0 fully saturated rings. The van der Waals surface area contributed by atoms with Crippen molar-refractivity contribution in [2.75, 3.05) is 6.54 Å². The molecule has 0 spiro atoms. The lowest BCUT2D eigenvalue weighted by atomic mass is 9.99. The Morgan fingerprint density at radius 2 is 2.08 bits per heavy atom. The molecule has 3 nitrogen and oxygen atoms in total. The molecule has 0 aromatic rings. The van der Waals surface area contributed by atoms with E-state index in [-0.39, 0.29) is 17.9 Å². The summed E-state index contributed by atoms with van der Waals surface area (Å²) in [5.74, 6) is 0.244. The van der Waals surface area contributed by atoms with Gasteiger partial charge in [0.1, 0.15) is 0 Å². The molecular formula is C9H20N2O. The monoisotopic (exact) mass is 172 g/mol. The highest BCUT2D eigenvalue weighted by Gasteiger charge is 2.18. The number of rotatable bonds is 5. The van der Waals surface area contributed by atoms with Crippen molar-refractivity contribution in [3.63, 3.8) is 0 Å². The minimum atomic E-state index is -0.346. The zero-order valence-corrected chi connectivity index (χ0v) is 8.26. The molecule has 0 heterocycles. The normalized spacial score (nSPS) is 15.3. The fraction of sp³-hybridized carbons (Fsp3) is 0.889. The van der Waals surface area contributed by atoms with E-state index in [9.17, 15) is 4.79 Å². The first-order valence-electron chi connectivity index (χ1n) is 4.66. The third kappa shape index (κ3) is 3.72. The molecule has 0 aromatic carbocycles. The van der Waals surface area contributed by atoms with Gasteiger partial charge in [0.2, 0.25) is 5.91 Å². The molecule has 0 saturated heterocycles. The van der Waals surface area contributed by atoms with E-state index < -0.39 is 0 Å². The molecule has 0 bridgehead atoms. The fourth-order valence-corrected chi connectivity index (χ4v) is 0.878. The molecule has 72 valence electrons. The minimum absolute atomic E-state index is 0.0220. The van der Waals surface area contributed by atoms with Crippen LogP contribution in [0, 0.1) is 5.92 Å². The van der Waals surface area contributed by atoms with Gasteiger partial charge in [0.05, 0.1) is 6.04 Å². The van der Waals surface area contributed by atoms with Crippen LogP contribution in [0.2, 0.25) is 0 Å². The van der Waals surface area contributed by atoms with Gasteiger partial charge in [-0.2, -0.15) is 0 Å². The van der Waals surface area contributed by atoms with Gasteiger partial charge in [-0.15, -0.1) is 0 Å². The maximum atomic E-state index is 11.3. The minimum Gasteiger partial charge on any atom is -0.355 e. The average molecular weight is 172 g/mol. The Bertz CT molecular complexity index is 136. The van der Waals surface area contributed by atoms with Crippen LogP contribution in [0.3, 0.4) is 0 Å². The van der Waals surface area contributed by atoms with Crippen LogP contribution in [-0.4, -0.2) is 18.5 Å². The van der Waals surface area contributed by atoms with Crippen molar-refractivity contribution in [2.24, 2.45) is 11.7 Å². The summed E-state index contributed by atoms with van der Waals surface area (Å²) in [7, 11) is 0. The molecule has 0 unspecified atom stereocenters. The van der Waals surface area contributed by atoms with Gasteiger partial charge in [0.15, 0.2) is 0 Å². The van der Waals surface area contributed by atoms with Gasteiger partial charge >= 0.3 is 0 Å². The lowest BCUT2D eigenvalue weighted by Crippen LogP contribution is -2.44. The topological polar surface area (TPSA) is 55.1 Å². The van der Waals surface area contributed by atoms with E-state index in [1.807, 2.05) is 20.8 Å². The highest BCUT2D eigenvalue weighted by Crippen LogP contribution is 2.04. The second-order valence-electron chi connectivity index (χ2n) is 3.20. The van der Waals surface area contributed by atoms with E-state index in [0.717, 1.165) is 19.4 Å². The molecule has 0 aliphatic carbocycles. The highest BCUT2D eigenvalue weighted by molar-refractivity contribution is 5.81. The quantitative estimate of drug-likeness (QED) is 0.647. The van der Waals surface area contributed by atoms with E-state index in [1.165, 1.54) is 0 Å². The second-order valence-corrected chi connectivity index (χ2v) is 3.20. The largest absolute Gasteiger partial charge is 0.355 e. The molecule has 12 heavy (non-hydrogen) atoms. The lowest BCUT2D eigenvalue weighted by Gasteiger charge is -2.17. The Labute approximate surface area is 74.7 Å². The van der Waals surface area contributed by atoms with Gasteiger partial charge in [0, 0.05) is 6.54 Å². The number of carbonyl (C=O) groups excluding carboxylic acids is 1. The van der Waals surface area contributed by atoms with Gasteiger partial charge in [-0.05, 0) is 12.3 Å². The van der Waals surface area contributed by atoms with E-state index in [2.05, 4.69) is 5.32 Å². The van der Waals surface area contributed by atoms with Crippen molar-refractivity contribution in [1.82, 2.24) is 5.32 Å². The number of hydrogen-bond donors (Lipinski definition) is 2. The first-order chi connectivity index (χ1) is 5.63. The van der Waals surface area contributed by atoms with Crippen molar-refractivity contribution in [1.29, 1.82) is 0 Å². The number of amides is 1. The SMILES string of the molecule is CCCNC(=O)[C@@H](N)[C@@H](C)CC. The summed E-state index contributed by atoms with van der Waals surface area (Å²) in [6, 6.07) is -0.346. The van der Waals surface area contributed by atoms with Crippen molar-refractivity contribution >= 4 is 5.91 Å². The zero-order valence-electron chi connectivity index (χ0n) is 8.26. The van der Waals surface area contributed by atoms with Crippen molar-refractivity contribution < 1.29 is 4.79 Å². The Hall–Kier alpha value is -0.570. The van der Waals surface area contributed by atoms with Crippen LogP contribution in [0.1, 0.15) is 33.6 Å². The molecule has 1 amide bonds. The number of carbonyl (C=O) groups is 1. The van der Waals surface area contributed by atoms with Crippen LogP contribution < -0.4 is 11.1 Å². The standard InChI is InChI=1S/C9H20N2O/c1-4-6-11-9(12)8(10)7(3)5-2/h7-8H,4-6,10H2,1-3H3,(H,11,12)/t7-,8-/m0/s1. The molecule has 0 aliphatic rings. The van der Waals surface area contributed by atoms with E-state index in [0.29, 0.717) is 0 Å². The van der Waals surface area contributed by atoms with Gasteiger partial charge in [-0.1, -0.05) is 27.2 Å². The Morgan fingerprint density at radius 1 is 1.50 bits per heavy atom. The Morgan fingerprint density at radius 3 is 2.50 bits per heavy atom. The van der Waals surface area contributed by atoms with Crippen molar-refractivity contribution in [3.8, 4) is 0 Å². The maximum Gasteiger partial charge on any atom is 0.237 e. The molecule has 2 atom stereocenters. The molecule has 0 saturated carbocycles. The van der Waals surface area contributed by atoms with Gasteiger partial charge < -0.3 is 11.1 Å². The summed E-state index contributed by atoms with van der Waals surface area (Å²) in [6.07, 6.45) is 1.90. The van der Waals surface area contributed by atoms with Crippen LogP contribution in [-0.2, 0) is 4.79 Å². The summed E-state index contributed by atoms with van der Waals surface area (Å²) in [6.45, 7) is 6.78. The van der Waals surface area contributed by atoms with E-state index in [4.69, 9.17) is 5.73 Å². The number of hydrogen-bond acceptors (Lipinski definition) is 2. The van der Waals surface area contributed by atoms with Crippen LogP contribution in [0.4, 0.5) is 0 Å². The summed E-state index contributed by atoms with van der Waals surface area (Å²) in [5.41, 5.74) is 5.70. The average Bonchev–Trinajstić information content (AvgIpc) is 2.11. The third-order valence-corrected chi connectivity index (χ3v) is 2.11. The molecule has 0 rings (SSSR count). The second kappa shape index (κ2) is 6.00. The summed E-state index contributed by atoms with van der Waals surface area (Å²) >= 11 is 0. The van der Waals surface area contributed by atoms with Gasteiger partial charge in [-0.3, -0.25) is 4.79 Å². The van der Waals surface area contributed by atoms with Crippen LogP contribution in [0.5, 0.6) is 0 Å². The van der Waals surface area contributed by atoms with Crippen molar-refractivity contribution in [2.45, 2.75) is 39.7 Å². The van der Waals surface area contributed by atoms with Crippen LogP contribution in [0.25, 0.3) is 0 Å². The first-order valence-corrected chi connectivity index (χ1v) is 4.66. The predicted octanol–water partition coefficient (Wildman–Crippen LogP) is 0.886. The van der Waals surface area contributed by atoms with E-state index in [1.54, 1.807) is 0 Å². The Balaban J connectivity index is 3.75. The van der Waals surface area contributed by atoms with Crippen molar-refractivity contribution in [3.05, 3.63) is 0 Å². The predicted molar refractivity (Wildman–Crippen MR) is 50.7 cm³/mol. The molecule has 3 heteroatoms. The van der Waals surface area contributed by atoms with Crippen LogP contribution >= 0.6 is 0 Å². The smallest absolute Gasteiger partial charge is 0.237 e. The summed E-state index contributed by atoms with van der Waals surface area (Å²) < 4.78 is 0. The molecule has 0 aromatic heterocycles. The van der Waals surface area contributed by atoms with E-state index >= 15 is 0 Å². The van der Waals surface area contributed by atoms with Gasteiger partial charge in [-0.25, -0.2) is 0 Å². The number of nitrogens with one attached hydrogen (secondary N) is 1. The summed E-state index contributed by atoms with van der Waals surface area (Å²) in [5, 5.41) is 2.78. The summed E-state index contributed by atoms with van der Waals surface area (Å²) in [4.78, 5) is 11.3. The molecule has 0 aliphatic heterocycles. The Kier molecular flexibility index (Phi) is 5.72. The molecule has 0 radical (unpaired) electrons. The molecular weight excluding hydrogens is 152 g/mol. The van der Waals surface area contributed by atoms with Gasteiger partial charge in [0.25, 0.3) is 0 Å². The van der Waals surface area contributed by atoms with Crippen LogP contribution in [0.15, 0.2) is 0 Å². The molecule has 3 N–H and O–H groups in total. The number of nitrogens with two attached hydrogens (primary N) is 1. The maximum absolute atomic E-state index is 11.3. The zero-order chi connectivity index (χ0) is 9.56. The third-order valence-electron chi connectivity index (χ3n) is 2.11. The first kappa shape index (κ1) is 11.4. The highest BCUT2D eigenvalue weighted by atomic mass is 16.2. The fourth-order valence-electron chi connectivity index (χ4n) is 0.878.